The van der Waals surface area contributed by atoms with Gasteiger partial charge in [-0.25, -0.2) is 4.79 Å². The van der Waals surface area contributed by atoms with E-state index >= 15 is 0 Å². The summed E-state index contributed by atoms with van der Waals surface area (Å²) < 4.78 is 4.34. The summed E-state index contributed by atoms with van der Waals surface area (Å²) in [5, 5.41) is 19.2. The number of carbonyl (C=O) groups excluding carboxylic acids is 2. The van der Waals surface area contributed by atoms with Crippen LogP contribution in [0.1, 0.15) is 10.4 Å². The first-order valence-electron chi connectivity index (χ1n) is 5.59. The number of amides is 1. The summed E-state index contributed by atoms with van der Waals surface area (Å²) in [5.41, 5.74) is 1.25. The highest BCUT2D eigenvalue weighted by Crippen LogP contribution is 2.12. The number of aromatic nitrogens is 2. The van der Waals surface area contributed by atoms with Gasteiger partial charge in [0.25, 0.3) is 5.91 Å². The normalized spacial score (nSPS) is 12.1. The zero-order valence-electron chi connectivity index (χ0n) is 10.2. The molecule has 0 aliphatic carbocycles. The standard InChI is InChI=1S/C12H13N3O4/c1-19-12(18)10(16)6-13-11(17)7-2-3-9-8(4-7)5-14-15-9/h2-5,10,16H,6H2,1H3,(H,13,17)(H,14,15). The number of carbonyl (C=O) groups is 2. The Balaban J connectivity index is 2.01. The van der Waals surface area contributed by atoms with Gasteiger partial charge in [-0.05, 0) is 18.2 Å². The molecule has 2 aromatic rings. The molecule has 0 radical (unpaired) electrons. The van der Waals surface area contributed by atoms with Crippen molar-refractivity contribution in [1.82, 2.24) is 15.5 Å². The molecular weight excluding hydrogens is 250 g/mol. The molecule has 0 bridgehead atoms. The molecule has 1 amide bonds. The fourth-order valence-electron chi connectivity index (χ4n) is 1.59. The van der Waals surface area contributed by atoms with E-state index in [1.54, 1.807) is 24.4 Å². The summed E-state index contributed by atoms with van der Waals surface area (Å²) in [6.45, 7) is -0.199. The average molecular weight is 263 g/mol. The van der Waals surface area contributed by atoms with E-state index < -0.39 is 12.1 Å². The van der Waals surface area contributed by atoms with E-state index in [2.05, 4.69) is 20.3 Å². The van der Waals surface area contributed by atoms with Crippen molar-refractivity contribution < 1.29 is 19.4 Å². The molecule has 7 nitrogen and oxygen atoms in total. The molecule has 19 heavy (non-hydrogen) atoms. The zero-order valence-corrected chi connectivity index (χ0v) is 10.2. The quantitative estimate of drug-likeness (QED) is 0.664. The van der Waals surface area contributed by atoms with Gasteiger partial charge in [0.15, 0.2) is 6.10 Å². The van der Waals surface area contributed by atoms with Crippen molar-refractivity contribution in [3.63, 3.8) is 0 Å². The lowest BCUT2D eigenvalue weighted by Crippen LogP contribution is -2.37. The molecule has 0 fully saturated rings. The third-order valence-corrected chi connectivity index (χ3v) is 2.63. The fraction of sp³-hybridized carbons (Fsp3) is 0.250. The molecule has 2 rings (SSSR count). The number of ether oxygens (including phenoxy) is 1. The smallest absolute Gasteiger partial charge is 0.336 e. The second-order valence-electron chi connectivity index (χ2n) is 3.92. The summed E-state index contributed by atoms with van der Waals surface area (Å²) >= 11 is 0. The Kier molecular flexibility index (Phi) is 3.76. The Labute approximate surface area is 108 Å². The van der Waals surface area contributed by atoms with Crippen molar-refractivity contribution in [1.29, 1.82) is 0 Å². The Morgan fingerprint density at radius 2 is 2.32 bits per heavy atom. The van der Waals surface area contributed by atoms with Gasteiger partial charge in [0.1, 0.15) is 0 Å². The van der Waals surface area contributed by atoms with Crippen LogP contribution < -0.4 is 5.32 Å². The highest BCUT2D eigenvalue weighted by molar-refractivity contribution is 5.98. The van der Waals surface area contributed by atoms with Crippen LogP contribution in [0.4, 0.5) is 0 Å². The summed E-state index contributed by atoms with van der Waals surface area (Å²) in [6.07, 6.45) is 0.238. The monoisotopic (exact) mass is 263 g/mol. The largest absolute Gasteiger partial charge is 0.467 e. The first-order chi connectivity index (χ1) is 9.11. The van der Waals surface area contributed by atoms with E-state index in [-0.39, 0.29) is 12.5 Å². The highest BCUT2D eigenvalue weighted by atomic mass is 16.5. The Morgan fingerprint density at radius 1 is 1.53 bits per heavy atom. The molecule has 0 aliphatic heterocycles. The van der Waals surface area contributed by atoms with Gasteiger partial charge in [-0.2, -0.15) is 5.10 Å². The number of aromatic amines is 1. The van der Waals surface area contributed by atoms with Gasteiger partial charge in [-0.1, -0.05) is 0 Å². The third kappa shape index (κ3) is 2.89. The van der Waals surface area contributed by atoms with Crippen LogP contribution >= 0.6 is 0 Å². The zero-order chi connectivity index (χ0) is 13.8. The third-order valence-electron chi connectivity index (χ3n) is 2.63. The predicted octanol–water partition coefficient (Wildman–Crippen LogP) is -0.173. The van der Waals surface area contributed by atoms with Crippen LogP contribution in [0.15, 0.2) is 24.4 Å². The number of benzene rings is 1. The van der Waals surface area contributed by atoms with Gasteiger partial charge in [0.2, 0.25) is 0 Å². The molecule has 1 aromatic carbocycles. The molecule has 0 spiro atoms. The van der Waals surface area contributed by atoms with Crippen molar-refractivity contribution in [2.45, 2.75) is 6.10 Å². The molecule has 1 unspecified atom stereocenters. The minimum absolute atomic E-state index is 0.199. The number of nitrogens with one attached hydrogen (secondary N) is 2. The van der Waals surface area contributed by atoms with E-state index in [1.165, 1.54) is 7.11 Å². The highest BCUT2D eigenvalue weighted by Gasteiger charge is 2.16. The molecule has 0 saturated heterocycles. The number of hydrogen-bond donors (Lipinski definition) is 3. The van der Waals surface area contributed by atoms with Crippen LogP contribution in [-0.4, -0.2) is 46.9 Å². The molecule has 7 heteroatoms. The van der Waals surface area contributed by atoms with Crippen LogP contribution in [0.2, 0.25) is 0 Å². The Hall–Kier alpha value is -2.41. The van der Waals surface area contributed by atoms with Crippen molar-refractivity contribution in [3.8, 4) is 0 Å². The minimum Gasteiger partial charge on any atom is -0.467 e. The summed E-state index contributed by atoms with van der Waals surface area (Å²) in [4.78, 5) is 22.8. The summed E-state index contributed by atoms with van der Waals surface area (Å²) in [6, 6.07) is 5.02. The molecule has 3 N–H and O–H groups in total. The lowest BCUT2D eigenvalue weighted by molar-refractivity contribution is -0.149. The van der Waals surface area contributed by atoms with Crippen molar-refractivity contribution >= 4 is 22.8 Å². The lowest BCUT2D eigenvalue weighted by Gasteiger charge is -2.09. The Bertz CT molecular complexity index is 608. The SMILES string of the molecule is COC(=O)C(O)CNC(=O)c1ccc2[nH]ncc2c1. The number of rotatable bonds is 4. The topological polar surface area (TPSA) is 104 Å². The fourth-order valence-corrected chi connectivity index (χ4v) is 1.59. The van der Waals surface area contributed by atoms with E-state index in [4.69, 9.17) is 0 Å². The van der Waals surface area contributed by atoms with Crippen molar-refractivity contribution in [3.05, 3.63) is 30.0 Å². The number of hydrogen-bond acceptors (Lipinski definition) is 5. The Morgan fingerprint density at radius 3 is 3.05 bits per heavy atom. The molecule has 1 heterocycles. The number of aliphatic hydroxyl groups excluding tert-OH is 1. The maximum atomic E-state index is 11.8. The van der Waals surface area contributed by atoms with Gasteiger partial charge in [-0.3, -0.25) is 9.89 Å². The molecule has 100 valence electrons. The number of fused-ring (bicyclic) bond motifs is 1. The maximum absolute atomic E-state index is 11.8. The van der Waals surface area contributed by atoms with E-state index in [1.807, 2.05) is 0 Å². The van der Waals surface area contributed by atoms with E-state index in [9.17, 15) is 14.7 Å². The van der Waals surface area contributed by atoms with Gasteiger partial charge >= 0.3 is 5.97 Å². The van der Waals surface area contributed by atoms with Gasteiger partial charge in [0.05, 0.1) is 25.4 Å². The maximum Gasteiger partial charge on any atom is 0.336 e. The van der Waals surface area contributed by atoms with Crippen LogP contribution in [0.25, 0.3) is 10.9 Å². The molecule has 1 aromatic heterocycles. The number of nitrogens with zero attached hydrogens (tertiary/aromatic N) is 1. The van der Waals surface area contributed by atoms with Crippen LogP contribution in [-0.2, 0) is 9.53 Å². The molecule has 0 aliphatic rings. The second kappa shape index (κ2) is 5.49. The average Bonchev–Trinajstić information content (AvgIpc) is 2.90. The summed E-state index contributed by atoms with van der Waals surface area (Å²) in [7, 11) is 1.17. The summed E-state index contributed by atoms with van der Waals surface area (Å²) in [5.74, 6) is -1.17. The molecular formula is C12H13N3O4. The van der Waals surface area contributed by atoms with Crippen molar-refractivity contribution in [2.24, 2.45) is 0 Å². The molecule has 1 atom stereocenters. The van der Waals surface area contributed by atoms with E-state index in [0.29, 0.717) is 5.56 Å². The van der Waals surface area contributed by atoms with Crippen LogP contribution in [0.5, 0.6) is 0 Å². The minimum atomic E-state index is -1.37. The predicted molar refractivity (Wildman–Crippen MR) is 66.4 cm³/mol. The van der Waals surface area contributed by atoms with Crippen LogP contribution in [0, 0.1) is 0 Å². The first kappa shape index (κ1) is 13.0. The van der Waals surface area contributed by atoms with Crippen LogP contribution in [0.3, 0.4) is 0 Å². The number of methoxy groups -OCH3 is 1. The second-order valence-corrected chi connectivity index (χ2v) is 3.92. The number of aliphatic hydroxyl groups is 1. The lowest BCUT2D eigenvalue weighted by atomic mass is 10.1. The van der Waals surface area contributed by atoms with E-state index in [0.717, 1.165) is 10.9 Å². The first-order valence-corrected chi connectivity index (χ1v) is 5.59. The number of esters is 1. The number of H-pyrrole nitrogens is 1. The van der Waals surface area contributed by atoms with Gasteiger partial charge < -0.3 is 15.2 Å². The van der Waals surface area contributed by atoms with Crippen molar-refractivity contribution in [2.75, 3.05) is 13.7 Å². The molecule has 0 saturated carbocycles. The van der Waals surface area contributed by atoms with Gasteiger partial charge in [0, 0.05) is 10.9 Å². The van der Waals surface area contributed by atoms with Gasteiger partial charge in [-0.15, -0.1) is 0 Å².